The Morgan fingerprint density at radius 2 is 1.68 bits per heavy atom. The molecule has 206 valence electrons. The SMILES string of the molecule is CCOC(=O)c1ccc(NC(=O)CC2C(=O)N(c3ccc(OC)cc3)C(=S)N2NC(=O)c2ccccc2F)cc1. The zero-order valence-corrected chi connectivity index (χ0v) is 22.4. The maximum atomic E-state index is 14.3. The topological polar surface area (TPSA) is 117 Å². The van der Waals surface area contributed by atoms with Crippen molar-refractivity contribution in [3.05, 3.63) is 89.7 Å². The first-order chi connectivity index (χ1) is 19.2. The number of carbonyl (C=O) groups is 4. The maximum absolute atomic E-state index is 14.3. The lowest BCUT2D eigenvalue weighted by molar-refractivity contribution is -0.124. The van der Waals surface area contributed by atoms with Gasteiger partial charge in [-0.25, -0.2) is 14.2 Å². The number of amides is 3. The lowest BCUT2D eigenvalue weighted by Crippen LogP contribution is -2.50. The van der Waals surface area contributed by atoms with Gasteiger partial charge in [-0.1, -0.05) is 12.1 Å². The van der Waals surface area contributed by atoms with E-state index in [1.807, 2.05) is 0 Å². The van der Waals surface area contributed by atoms with Gasteiger partial charge in [0.25, 0.3) is 11.8 Å². The van der Waals surface area contributed by atoms with E-state index in [0.29, 0.717) is 22.7 Å². The number of thiocarbonyl (C=S) groups is 1. The van der Waals surface area contributed by atoms with Crippen molar-refractivity contribution < 1.29 is 33.0 Å². The number of esters is 1. The van der Waals surface area contributed by atoms with Gasteiger partial charge in [0.2, 0.25) is 11.0 Å². The molecular formula is C28H25FN4O6S. The van der Waals surface area contributed by atoms with Crippen LogP contribution in [0.2, 0.25) is 0 Å². The molecule has 0 spiro atoms. The van der Waals surface area contributed by atoms with Crippen LogP contribution >= 0.6 is 12.2 Å². The predicted octanol–water partition coefficient (Wildman–Crippen LogP) is 3.69. The van der Waals surface area contributed by atoms with Crippen molar-refractivity contribution >= 4 is 52.4 Å². The second-order valence-electron chi connectivity index (χ2n) is 8.51. The lowest BCUT2D eigenvalue weighted by atomic mass is 10.1. The van der Waals surface area contributed by atoms with Gasteiger partial charge in [-0.2, -0.15) is 0 Å². The van der Waals surface area contributed by atoms with Crippen LogP contribution in [-0.2, 0) is 14.3 Å². The fraction of sp³-hybridized carbons (Fsp3) is 0.179. The van der Waals surface area contributed by atoms with Gasteiger partial charge < -0.3 is 14.8 Å². The molecule has 0 aliphatic carbocycles. The number of rotatable bonds is 9. The van der Waals surface area contributed by atoms with Crippen molar-refractivity contribution in [1.82, 2.24) is 10.4 Å². The number of nitrogens with zero attached hydrogens (tertiary/aromatic N) is 2. The summed E-state index contributed by atoms with van der Waals surface area (Å²) in [4.78, 5) is 52.5. The molecule has 2 N–H and O–H groups in total. The van der Waals surface area contributed by atoms with Crippen molar-refractivity contribution in [1.29, 1.82) is 0 Å². The van der Waals surface area contributed by atoms with Crippen LogP contribution in [0, 0.1) is 5.82 Å². The van der Waals surface area contributed by atoms with Crippen molar-refractivity contribution in [2.75, 3.05) is 23.9 Å². The van der Waals surface area contributed by atoms with Crippen molar-refractivity contribution in [3.8, 4) is 5.75 Å². The minimum absolute atomic E-state index is 0.101. The highest BCUT2D eigenvalue weighted by atomic mass is 32.1. The summed E-state index contributed by atoms with van der Waals surface area (Å²) >= 11 is 5.52. The average molecular weight is 565 g/mol. The number of nitrogens with one attached hydrogen (secondary N) is 2. The first kappa shape index (κ1) is 28.2. The molecule has 4 rings (SSSR count). The van der Waals surface area contributed by atoms with Crippen molar-refractivity contribution in [2.24, 2.45) is 0 Å². The third-order valence-corrected chi connectivity index (χ3v) is 6.32. The molecule has 0 radical (unpaired) electrons. The Balaban J connectivity index is 1.56. The van der Waals surface area contributed by atoms with Crippen LogP contribution in [0.4, 0.5) is 15.8 Å². The molecular weight excluding hydrogens is 539 g/mol. The summed E-state index contributed by atoms with van der Waals surface area (Å²) in [6.07, 6.45) is -0.400. The number of halogens is 1. The Kier molecular flexibility index (Phi) is 8.70. The first-order valence-corrected chi connectivity index (χ1v) is 12.6. The molecule has 1 heterocycles. The number of hydrazine groups is 1. The quantitative estimate of drug-likeness (QED) is 0.299. The van der Waals surface area contributed by atoms with Gasteiger partial charge in [0.15, 0.2) is 0 Å². The van der Waals surface area contributed by atoms with Gasteiger partial charge in [-0.05, 0) is 79.8 Å². The van der Waals surface area contributed by atoms with Crippen LogP contribution in [0.5, 0.6) is 5.75 Å². The number of ether oxygens (including phenoxy) is 2. The van der Waals surface area contributed by atoms with E-state index in [4.69, 9.17) is 21.7 Å². The fourth-order valence-electron chi connectivity index (χ4n) is 3.97. The summed E-state index contributed by atoms with van der Waals surface area (Å²) in [5.74, 6) is -2.68. The summed E-state index contributed by atoms with van der Waals surface area (Å²) in [6.45, 7) is 1.92. The summed E-state index contributed by atoms with van der Waals surface area (Å²) in [5.41, 5.74) is 3.30. The van der Waals surface area contributed by atoms with Crippen LogP contribution in [-0.4, -0.2) is 53.6 Å². The smallest absolute Gasteiger partial charge is 0.338 e. The molecule has 1 aliphatic rings. The van der Waals surface area contributed by atoms with E-state index < -0.39 is 42.0 Å². The summed E-state index contributed by atoms with van der Waals surface area (Å²) in [5, 5.41) is 3.65. The highest BCUT2D eigenvalue weighted by Crippen LogP contribution is 2.28. The average Bonchev–Trinajstić information content (AvgIpc) is 3.17. The molecule has 3 amide bonds. The minimum Gasteiger partial charge on any atom is -0.497 e. The molecule has 10 nitrogen and oxygen atoms in total. The Morgan fingerprint density at radius 1 is 1.00 bits per heavy atom. The summed E-state index contributed by atoms with van der Waals surface area (Å²) in [6, 6.07) is 16.6. The molecule has 1 atom stereocenters. The number of anilines is 2. The number of hydrogen-bond donors (Lipinski definition) is 2. The summed E-state index contributed by atoms with van der Waals surface area (Å²) in [7, 11) is 1.50. The highest BCUT2D eigenvalue weighted by Gasteiger charge is 2.45. The Hall–Kier alpha value is -4.84. The van der Waals surface area contributed by atoms with Gasteiger partial charge in [0, 0.05) is 5.69 Å². The minimum atomic E-state index is -1.23. The van der Waals surface area contributed by atoms with E-state index in [1.165, 1.54) is 54.5 Å². The maximum Gasteiger partial charge on any atom is 0.338 e. The molecule has 0 bridgehead atoms. The normalized spacial score (nSPS) is 14.6. The van der Waals surface area contributed by atoms with E-state index in [1.54, 1.807) is 31.2 Å². The Bertz CT molecular complexity index is 1450. The van der Waals surface area contributed by atoms with Crippen LogP contribution in [0.1, 0.15) is 34.1 Å². The third-order valence-electron chi connectivity index (χ3n) is 5.94. The number of carbonyl (C=O) groups excluding carboxylic acids is 4. The molecule has 12 heteroatoms. The van der Waals surface area contributed by atoms with Gasteiger partial charge in [0.05, 0.1) is 37.0 Å². The zero-order valence-electron chi connectivity index (χ0n) is 21.5. The van der Waals surface area contributed by atoms with Gasteiger partial charge in [0.1, 0.15) is 17.6 Å². The molecule has 0 aromatic heterocycles. The van der Waals surface area contributed by atoms with Crippen molar-refractivity contribution in [2.45, 2.75) is 19.4 Å². The molecule has 1 saturated heterocycles. The van der Waals surface area contributed by atoms with E-state index in [0.717, 1.165) is 11.1 Å². The number of methoxy groups -OCH3 is 1. The first-order valence-electron chi connectivity index (χ1n) is 12.2. The molecule has 0 saturated carbocycles. The van der Waals surface area contributed by atoms with Gasteiger partial charge in [-0.3, -0.25) is 24.7 Å². The third kappa shape index (κ3) is 6.07. The molecule has 1 aliphatic heterocycles. The molecule has 1 fully saturated rings. The second kappa shape index (κ2) is 12.3. The zero-order chi connectivity index (χ0) is 28.8. The van der Waals surface area contributed by atoms with E-state index in [9.17, 15) is 23.6 Å². The van der Waals surface area contributed by atoms with Gasteiger partial charge >= 0.3 is 5.97 Å². The van der Waals surface area contributed by atoms with Crippen LogP contribution in [0.15, 0.2) is 72.8 Å². The molecule has 3 aromatic rings. The van der Waals surface area contributed by atoms with Crippen molar-refractivity contribution in [3.63, 3.8) is 0 Å². The van der Waals surface area contributed by atoms with Crippen LogP contribution in [0.25, 0.3) is 0 Å². The van der Waals surface area contributed by atoms with E-state index >= 15 is 0 Å². The summed E-state index contributed by atoms with van der Waals surface area (Å²) < 4.78 is 24.4. The predicted molar refractivity (Wildman–Crippen MR) is 148 cm³/mol. The van der Waals surface area contributed by atoms with E-state index in [-0.39, 0.29) is 17.3 Å². The van der Waals surface area contributed by atoms with Crippen LogP contribution < -0.4 is 20.4 Å². The van der Waals surface area contributed by atoms with Gasteiger partial charge in [-0.15, -0.1) is 0 Å². The molecule has 1 unspecified atom stereocenters. The highest BCUT2D eigenvalue weighted by molar-refractivity contribution is 7.80. The molecule has 3 aromatic carbocycles. The fourth-order valence-corrected chi connectivity index (χ4v) is 4.34. The Labute approximate surface area is 234 Å². The van der Waals surface area contributed by atoms with E-state index in [2.05, 4.69) is 10.7 Å². The number of benzene rings is 3. The monoisotopic (exact) mass is 564 g/mol. The van der Waals surface area contributed by atoms with Crippen LogP contribution in [0.3, 0.4) is 0 Å². The largest absolute Gasteiger partial charge is 0.497 e. The second-order valence-corrected chi connectivity index (χ2v) is 8.88. The number of hydrogen-bond acceptors (Lipinski definition) is 7. The lowest BCUT2D eigenvalue weighted by Gasteiger charge is -2.24. The molecule has 40 heavy (non-hydrogen) atoms. The standard InChI is InChI=1S/C28H25FN4O6S/c1-3-39-27(37)17-8-10-18(11-9-17)30-24(34)16-23-26(36)32(19-12-14-20(38-2)15-13-19)28(40)33(23)31-25(35)21-6-4-5-7-22(21)29/h4-15,23H,3,16H2,1-2H3,(H,30,34)(H,31,35). The Morgan fingerprint density at radius 3 is 2.30 bits per heavy atom.